The molecule has 3 aromatic rings. The van der Waals surface area contributed by atoms with Crippen molar-refractivity contribution in [2.45, 2.75) is 31.7 Å². The van der Waals surface area contributed by atoms with E-state index in [0.717, 1.165) is 12.1 Å². The van der Waals surface area contributed by atoms with Crippen LogP contribution in [0.15, 0.2) is 42.5 Å². The fraction of sp³-hybridized carbons (Fsp3) is 0.263. The van der Waals surface area contributed by atoms with Crippen LogP contribution < -0.4 is 4.74 Å². The summed E-state index contributed by atoms with van der Waals surface area (Å²) in [5, 5.41) is 8.21. The van der Waals surface area contributed by atoms with Crippen molar-refractivity contribution in [3.8, 4) is 17.1 Å². The molecule has 4 rings (SSSR count). The van der Waals surface area contributed by atoms with E-state index in [1.54, 1.807) is 18.4 Å². The summed E-state index contributed by atoms with van der Waals surface area (Å²) < 4.78 is 61.6. The second kappa shape index (κ2) is 6.20. The zero-order valence-corrected chi connectivity index (χ0v) is 15.5. The molecule has 2 atom stereocenters. The first-order valence-corrected chi connectivity index (χ1v) is 8.77. The fourth-order valence-electron chi connectivity index (χ4n) is 3.39. The van der Waals surface area contributed by atoms with Crippen LogP contribution in [0.25, 0.3) is 11.4 Å². The lowest BCUT2D eigenvalue weighted by atomic mass is 9.87. The Labute approximate surface area is 162 Å². The number of fused-ring (bicyclic) bond motifs is 1. The van der Waals surface area contributed by atoms with Gasteiger partial charge in [-0.2, -0.15) is 13.2 Å². The van der Waals surface area contributed by atoms with Crippen LogP contribution in [0.3, 0.4) is 0 Å². The summed E-state index contributed by atoms with van der Waals surface area (Å²) >= 11 is 5.75. The fourth-order valence-corrected chi connectivity index (χ4v) is 3.55. The highest BCUT2D eigenvalue weighted by Gasteiger charge is 2.53. The maximum atomic E-state index is 14.1. The second-order valence-corrected chi connectivity index (χ2v) is 7.16. The van der Waals surface area contributed by atoms with Crippen molar-refractivity contribution in [1.82, 2.24) is 14.8 Å². The monoisotopic (exact) mass is 411 g/mol. The van der Waals surface area contributed by atoms with E-state index in [1.165, 1.54) is 30.3 Å². The standard InChI is InChI=1S/C19H14ClF4N3O/c1-10-18(2,28-15-8-7-11(20)9-14(15)21)17-26-25-16(27(10)17)12-5-3-4-6-13(12)19(22,23)24/h3-10H,1-2H3. The van der Waals surface area contributed by atoms with Gasteiger partial charge in [0, 0.05) is 10.6 Å². The van der Waals surface area contributed by atoms with Gasteiger partial charge in [-0.05, 0) is 38.1 Å². The Morgan fingerprint density at radius 3 is 2.54 bits per heavy atom. The van der Waals surface area contributed by atoms with Gasteiger partial charge >= 0.3 is 6.18 Å². The number of hydrogen-bond acceptors (Lipinski definition) is 3. The molecule has 0 amide bonds. The molecule has 0 fully saturated rings. The number of rotatable bonds is 3. The van der Waals surface area contributed by atoms with Crippen LogP contribution in [-0.4, -0.2) is 14.8 Å². The normalized spacial score (nSPS) is 21.2. The zero-order valence-electron chi connectivity index (χ0n) is 14.8. The van der Waals surface area contributed by atoms with Gasteiger partial charge in [0.1, 0.15) is 0 Å². The molecule has 1 aliphatic rings. The number of aromatic nitrogens is 3. The van der Waals surface area contributed by atoms with E-state index < -0.39 is 29.2 Å². The maximum Gasteiger partial charge on any atom is 0.417 e. The van der Waals surface area contributed by atoms with Gasteiger partial charge in [0.2, 0.25) is 0 Å². The van der Waals surface area contributed by atoms with Crippen LogP contribution in [0, 0.1) is 5.82 Å². The highest BCUT2D eigenvalue weighted by Crippen LogP contribution is 2.49. The number of halogens is 5. The molecule has 9 heteroatoms. The predicted octanol–water partition coefficient (Wildman–Crippen LogP) is 5.63. The molecule has 0 saturated heterocycles. The summed E-state index contributed by atoms with van der Waals surface area (Å²) in [5.41, 5.74) is -1.91. The first kappa shape index (κ1) is 18.7. The quantitative estimate of drug-likeness (QED) is 0.525. The van der Waals surface area contributed by atoms with Crippen LogP contribution in [0.2, 0.25) is 5.02 Å². The van der Waals surface area contributed by atoms with E-state index in [1.807, 2.05) is 0 Å². The Kier molecular flexibility index (Phi) is 4.15. The smallest absolute Gasteiger partial charge is 0.417 e. The number of alkyl halides is 3. The lowest BCUT2D eigenvalue weighted by Crippen LogP contribution is -2.50. The van der Waals surface area contributed by atoms with E-state index >= 15 is 0 Å². The molecule has 28 heavy (non-hydrogen) atoms. The zero-order chi connectivity index (χ0) is 20.3. The molecule has 0 saturated carbocycles. The predicted molar refractivity (Wildman–Crippen MR) is 94.6 cm³/mol. The summed E-state index contributed by atoms with van der Waals surface area (Å²) in [6.07, 6.45) is -4.53. The van der Waals surface area contributed by atoms with E-state index in [-0.39, 0.29) is 22.2 Å². The molecule has 0 N–H and O–H groups in total. The molecule has 0 bridgehead atoms. The van der Waals surface area contributed by atoms with Gasteiger partial charge in [-0.25, -0.2) is 4.39 Å². The van der Waals surface area contributed by atoms with E-state index in [4.69, 9.17) is 16.3 Å². The molecule has 146 valence electrons. The van der Waals surface area contributed by atoms with Gasteiger partial charge in [0.15, 0.2) is 28.8 Å². The highest BCUT2D eigenvalue weighted by molar-refractivity contribution is 6.30. The van der Waals surface area contributed by atoms with E-state index in [0.29, 0.717) is 5.82 Å². The Balaban J connectivity index is 1.75. The Morgan fingerprint density at radius 1 is 1.14 bits per heavy atom. The van der Waals surface area contributed by atoms with Gasteiger partial charge in [-0.1, -0.05) is 29.8 Å². The van der Waals surface area contributed by atoms with Crippen molar-refractivity contribution < 1.29 is 22.3 Å². The minimum atomic E-state index is -4.53. The van der Waals surface area contributed by atoms with Crippen molar-refractivity contribution in [2.75, 3.05) is 0 Å². The second-order valence-electron chi connectivity index (χ2n) is 6.72. The van der Waals surface area contributed by atoms with Crippen LogP contribution >= 0.6 is 11.6 Å². The molecule has 2 aromatic carbocycles. The molecule has 0 radical (unpaired) electrons. The minimum Gasteiger partial charge on any atom is -0.474 e. The van der Waals surface area contributed by atoms with Crippen LogP contribution in [-0.2, 0) is 11.8 Å². The molecular formula is C19H14ClF4N3O. The SMILES string of the molecule is CC1n2c(-c3ccccc3C(F)(F)F)nnc2C1(C)Oc1ccc(Cl)cc1F. The number of nitrogens with zero attached hydrogens (tertiary/aromatic N) is 3. The first-order chi connectivity index (χ1) is 13.1. The minimum absolute atomic E-state index is 0.0229. The van der Waals surface area contributed by atoms with Gasteiger partial charge in [0.25, 0.3) is 0 Å². The lowest BCUT2D eigenvalue weighted by molar-refractivity contribution is -0.137. The van der Waals surface area contributed by atoms with Crippen molar-refractivity contribution >= 4 is 11.6 Å². The molecular weight excluding hydrogens is 398 g/mol. The Morgan fingerprint density at radius 2 is 1.86 bits per heavy atom. The summed E-state index contributed by atoms with van der Waals surface area (Å²) in [5.74, 6) is -0.249. The lowest BCUT2D eigenvalue weighted by Gasteiger charge is -2.45. The number of hydrogen-bond donors (Lipinski definition) is 0. The highest BCUT2D eigenvalue weighted by atomic mass is 35.5. The van der Waals surface area contributed by atoms with Crippen molar-refractivity contribution in [3.05, 3.63) is 64.7 Å². The average Bonchev–Trinajstić information content (AvgIpc) is 3.05. The van der Waals surface area contributed by atoms with Gasteiger partial charge in [-0.15, -0.1) is 10.2 Å². The third kappa shape index (κ3) is 2.74. The summed E-state index contributed by atoms with van der Waals surface area (Å²) in [7, 11) is 0. The number of benzene rings is 2. The van der Waals surface area contributed by atoms with Gasteiger partial charge in [-0.3, -0.25) is 0 Å². The number of ether oxygens (including phenoxy) is 1. The molecule has 1 aliphatic heterocycles. The van der Waals surface area contributed by atoms with Crippen LogP contribution in [0.5, 0.6) is 5.75 Å². The topological polar surface area (TPSA) is 39.9 Å². The molecule has 0 spiro atoms. The van der Waals surface area contributed by atoms with Crippen LogP contribution in [0.1, 0.15) is 31.3 Å². The van der Waals surface area contributed by atoms with E-state index in [2.05, 4.69) is 10.2 Å². The van der Waals surface area contributed by atoms with Crippen molar-refractivity contribution in [2.24, 2.45) is 0 Å². The van der Waals surface area contributed by atoms with Gasteiger partial charge < -0.3 is 9.30 Å². The maximum absolute atomic E-state index is 14.1. The average molecular weight is 412 g/mol. The largest absolute Gasteiger partial charge is 0.474 e. The van der Waals surface area contributed by atoms with Gasteiger partial charge in [0.05, 0.1) is 11.6 Å². The summed E-state index contributed by atoms with van der Waals surface area (Å²) in [6.45, 7) is 3.44. The third-order valence-corrected chi connectivity index (χ3v) is 5.25. The molecule has 0 aliphatic carbocycles. The van der Waals surface area contributed by atoms with Crippen LogP contribution in [0.4, 0.5) is 17.6 Å². The molecule has 4 nitrogen and oxygen atoms in total. The molecule has 2 heterocycles. The van der Waals surface area contributed by atoms with Crippen molar-refractivity contribution in [1.29, 1.82) is 0 Å². The third-order valence-electron chi connectivity index (χ3n) is 5.01. The first-order valence-electron chi connectivity index (χ1n) is 8.39. The Hall–Kier alpha value is -2.61. The summed E-state index contributed by atoms with van der Waals surface area (Å²) in [4.78, 5) is 0. The van der Waals surface area contributed by atoms with E-state index in [9.17, 15) is 17.6 Å². The molecule has 2 unspecified atom stereocenters. The Bertz CT molecular complexity index is 1070. The summed E-state index contributed by atoms with van der Waals surface area (Å²) in [6, 6.07) is 8.76. The van der Waals surface area contributed by atoms with Crippen molar-refractivity contribution in [3.63, 3.8) is 0 Å². The molecule has 1 aromatic heterocycles.